The van der Waals surface area contributed by atoms with Crippen LogP contribution >= 0.6 is 23.1 Å². The first-order valence-electron chi connectivity index (χ1n) is 9.65. The van der Waals surface area contributed by atoms with Crippen molar-refractivity contribution in [2.75, 3.05) is 0 Å². The second kappa shape index (κ2) is 7.83. The number of hydrogen-bond donors (Lipinski definition) is 0. The quantitative estimate of drug-likeness (QED) is 0.324. The maximum Gasteiger partial charge on any atom is 0.263 e. The maximum absolute atomic E-state index is 13.3. The largest absolute Gasteiger partial charge is 0.338 e. The molecule has 0 bridgehead atoms. The fourth-order valence-corrected chi connectivity index (χ4v) is 5.71. The summed E-state index contributed by atoms with van der Waals surface area (Å²) in [5, 5.41) is 5.42. The first-order valence-corrected chi connectivity index (χ1v) is 11.3. The number of allylic oxidation sites excluding steroid dienone is 1. The number of hydrogen-bond acceptors (Lipinski definition) is 7. The molecule has 0 saturated heterocycles. The van der Waals surface area contributed by atoms with Crippen LogP contribution in [-0.2, 0) is 19.4 Å². The maximum atomic E-state index is 13.3. The Morgan fingerprint density at radius 3 is 2.79 bits per heavy atom. The summed E-state index contributed by atoms with van der Waals surface area (Å²) in [6, 6.07) is 0. The van der Waals surface area contributed by atoms with Crippen molar-refractivity contribution in [2.24, 2.45) is 0 Å². The second-order valence-corrected chi connectivity index (χ2v) is 9.79. The smallest absolute Gasteiger partial charge is 0.263 e. The highest BCUT2D eigenvalue weighted by molar-refractivity contribution is 7.99. The van der Waals surface area contributed by atoms with Crippen LogP contribution in [-0.4, -0.2) is 19.7 Å². The lowest BCUT2D eigenvalue weighted by atomic mass is 9.97. The molecule has 0 spiro atoms. The fraction of sp³-hybridized carbons (Fsp3) is 0.500. The van der Waals surface area contributed by atoms with E-state index in [0.717, 1.165) is 29.5 Å². The Bertz CT molecular complexity index is 1080. The van der Waals surface area contributed by atoms with Crippen molar-refractivity contribution in [3.63, 3.8) is 0 Å². The number of nitrogens with zero attached hydrogens (tertiary/aromatic N) is 4. The summed E-state index contributed by atoms with van der Waals surface area (Å²) >= 11 is 3.15. The lowest BCUT2D eigenvalue weighted by Crippen LogP contribution is -2.23. The van der Waals surface area contributed by atoms with Gasteiger partial charge in [-0.2, -0.15) is 4.98 Å². The highest BCUT2D eigenvalue weighted by atomic mass is 32.2. The summed E-state index contributed by atoms with van der Waals surface area (Å²) in [4.78, 5) is 24.8. The standard InChI is InChI=1S/C20H24N4O2S2/c1-5-10-24-19(25)15-13-8-6-7-9-14(13)28-18(15)22-20(24)27-12(4)17-21-16(11(2)3)23-26-17/h5,11-12H,1,6-10H2,2-4H3/t12-/m0/s1. The summed E-state index contributed by atoms with van der Waals surface area (Å²) in [7, 11) is 0. The number of fused-ring (bicyclic) bond motifs is 3. The molecule has 0 aromatic carbocycles. The van der Waals surface area contributed by atoms with Gasteiger partial charge in [0.1, 0.15) is 4.83 Å². The van der Waals surface area contributed by atoms with Crippen LogP contribution in [0.1, 0.15) is 66.9 Å². The summed E-state index contributed by atoms with van der Waals surface area (Å²) in [5.74, 6) is 1.46. The molecule has 1 atom stereocenters. The zero-order valence-electron chi connectivity index (χ0n) is 16.4. The zero-order valence-corrected chi connectivity index (χ0v) is 18.0. The number of aromatic nitrogens is 4. The van der Waals surface area contributed by atoms with Gasteiger partial charge in [-0.15, -0.1) is 17.9 Å². The Labute approximate surface area is 172 Å². The molecule has 1 aliphatic rings. The van der Waals surface area contributed by atoms with Gasteiger partial charge in [0.2, 0.25) is 5.89 Å². The minimum absolute atomic E-state index is 0.0346. The van der Waals surface area contributed by atoms with Crippen molar-refractivity contribution in [1.29, 1.82) is 0 Å². The molecule has 0 saturated carbocycles. The van der Waals surface area contributed by atoms with Gasteiger partial charge in [-0.05, 0) is 38.2 Å². The van der Waals surface area contributed by atoms with Crippen LogP contribution in [0.15, 0.2) is 27.1 Å². The lowest BCUT2D eigenvalue weighted by molar-refractivity contribution is 0.372. The Morgan fingerprint density at radius 2 is 2.07 bits per heavy atom. The Kier molecular flexibility index (Phi) is 5.42. The average Bonchev–Trinajstić information content (AvgIpc) is 3.29. The van der Waals surface area contributed by atoms with Crippen molar-refractivity contribution in [3.8, 4) is 0 Å². The van der Waals surface area contributed by atoms with Gasteiger partial charge in [0, 0.05) is 17.3 Å². The summed E-state index contributed by atoms with van der Waals surface area (Å²) in [6.45, 7) is 10.3. The van der Waals surface area contributed by atoms with Gasteiger partial charge in [0.15, 0.2) is 11.0 Å². The van der Waals surface area contributed by atoms with Crippen molar-refractivity contribution >= 4 is 33.3 Å². The third kappa shape index (κ3) is 3.43. The molecule has 6 nitrogen and oxygen atoms in total. The third-order valence-electron chi connectivity index (χ3n) is 4.96. The van der Waals surface area contributed by atoms with Crippen LogP contribution in [0.2, 0.25) is 0 Å². The van der Waals surface area contributed by atoms with Gasteiger partial charge in [-0.3, -0.25) is 9.36 Å². The molecule has 8 heteroatoms. The van der Waals surface area contributed by atoms with Gasteiger partial charge in [0.05, 0.1) is 10.6 Å². The second-order valence-electron chi connectivity index (χ2n) is 7.40. The van der Waals surface area contributed by atoms with E-state index in [-0.39, 0.29) is 16.7 Å². The van der Waals surface area contributed by atoms with Crippen molar-refractivity contribution in [3.05, 3.63) is 45.2 Å². The Morgan fingerprint density at radius 1 is 1.29 bits per heavy atom. The van der Waals surface area contributed by atoms with Gasteiger partial charge < -0.3 is 4.52 Å². The minimum atomic E-state index is -0.102. The topological polar surface area (TPSA) is 73.8 Å². The predicted molar refractivity (Wildman–Crippen MR) is 113 cm³/mol. The molecular weight excluding hydrogens is 392 g/mol. The monoisotopic (exact) mass is 416 g/mol. The molecule has 0 N–H and O–H groups in total. The number of thiophene rings is 1. The van der Waals surface area contributed by atoms with Crippen LogP contribution in [0.5, 0.6) is 0 Å². The Hall–Kier alpha value is -1.93. The zero-order chi connectivity index (χ0) is 19.8. The fourth-order valence-electron chi connectivity index (χ4n) is 3.46. The summed E-state index contributed by atoms with van der Waals surface area (Å²) in [6.07, 6.45) is 6.10. The van der Waals surface area contributed by atoms with Gasteiger partial charge in [-0.25, -0.2) is 4.98 Å². The normalized spacial score (nSPS) is 15.1. The summed E-state index contributed by atoms with van der Waals surface area (Å²) < 4.78 is 7.15. The molecule has 0 radical (unpaired) electrons. The van der Waals surface area contributed by atoms with Crippen LogP contribution in [0.4, 0.5) is 0 Å². The highest BCUT2D eigenvalue weighted by Crippen LogP contribution is 2.37. The predicted octanol–water partition coefficient (Wildman–Crippen LogP) is 4.88. The first kappa shape index (κ1) is 19.4. The first-order chi connectivity index (χ1) is 13.5. The molecule has 0 unspecified atom stereocenters. The van der Waals surface area contributed by atoms with Crippen LogP contribution < -0.4 is 5.56 Å². The van der Waals surface area contributed by atoms with Crippen LogP contribution in [0.3, 0.4) is 0 Å². The molecule has 0 amide bonds. The molecule has 1 aliphatic carbocycles. The van der Waals surface area contributed by atoms with E-state index < -0.39 is 0 Å². The van der Waals surface area contributed by atoms with Crippen molar-refractivity contribution in [2.45, 2.75) is 69.3 Å². The van der Waals surface area contributed by atoms with E-state index in [0.29, 0.717) is 23.4 Å². The van der Waals surface area contributed by atoms with E-state index in [2.05, 4.69) is 16.7 Å². The van der Waals surface area contributed by atoms with Gasteiger partial charge >= 0.3 is 0 Å². The number of rotatable bonds is 6. The summed E-state index contributed by atoms with van der Waals surface area (Å²) in [5.41, 5.74) is 1.25. The average molecular weight is 417 g/mol. The number of thioether (sulfide) groups is 1. The van der Waals surface area contributed by atoms with E-state index >= 15 is 0 Å². The molecule has 3 aromatic rings. The lowest BCUT2D eigenvalue weighted by Gasteiger charge is -2.13. The highest BCUT2D eigenvalue weighted by Gasteiger charge is 2.24. The van der Waals surface area contributed by atoms with Crippen molar-refractivity contribution < 1.29 is 4.52 Å². The van der Waals surface area contributed by atoms with E-state index in [9.17, 15) is 4.79 Å². The molecule has 28 heavy (non-hydrogen) atoms. The molecule has 3 heterocycles. The van der Waals surface area contributed by atoms with Gasteiger partial charge in [-0.1, -0.05) is 36.8 Å². The molecular formula is C20H24N4O2S2. The molecule has 3 aromatic heterocycles. The molecule has 148 valence electrons. The van der Waals surface area contributed by atoms with Crippen molar-refractivity contribution in [1.82, 2.24) is 19.7 Å². The van der Waals surface area contributed by atoms with E-state index in [1.165, 1.54) is 28.6 Å². The van der Waals surface area contributed by atoms with E-state index in [1.54, 1.807) is 22.0 Å². The minimum Gasteiger partial charge on any atom is -0.338 e. The van der Waals surface area contributed by atoms with E-state index in [1.807, 2.05) is 20.8 Å². The molecule has 0 fully saturated rings. The van der Waals surface area contributed by atoms with Gasteiger partial charge in [0.25, 0.3) is 5.56 Å². The molecule has 0 aliphatic heterocycles. The van der Waals surface area contributed by atoms with E-state index in [4.69, 9.17) is 9.51 Å². The SMILES string of the molecule is C=CCn1c(S[C@@H](C)c2nc(C(C)C)no2)nc2sc3c(c2c1=O)CCCC3. The van der Waals surface area contributed by atoms with Crippen LogP contribution in [0.25, 0.3) is 10.2 Å². The molecule has 4 rings (SSSR count). The van der Waals surface area contributed by atoms with Crippen LogP contribution in [0, 0.1) is 0 Å². The third-order valence-corrected chi connectivity index (χ3v) is 7.22. The number of aryl methyl sites for hydroxylation is 2. The Balaban J connectivity index is 1.75.